The van der Waals surface area contributed by atoms with Crippen LogP contribution in [0.2, 0.25) is 0 Å². The normalized spacial score (nSPS) is 16.2. The molecule has 0 spiro atoms. The molecule has 1 fully saturated rings. The Morgan fingerprint density at radius 3 is 2.90 bits per heavy atom. The fourth-order valence-corrected chi connectivity index (χ4v) is 3.79. The third-order valence-corrected chi connectivity index (χ3v) is 5.11. The number of aromatic nitrogens is 2. The molecule has 0 radical (unpaired) electrons. The van der Waals surface area contributed by atoms with Crippen LogP contribution in [0.5, 0.6) is 0 Å². The van der Waals surface area contributed by atoms with Crippen molar-refractivity contribution in [1.82, 2.24) is 15.3 Å². The average Bonchev–Trinajstić information content (AvgIpc) is 3.02. The summed E-state index contributed by atoms with van der Waals surface area (Å²) >= 11 is 1.68. The molecule has 0 bridgehead atoms. The lowest BCUT2D eigenvalue weighted by Crippen LogP contribution is -2.19. The molecule has 2 aromatic rings. The number of thiazole rings is 1. The summed E-state index contributed by atoms with van der Waals surface area (Å²) in [6.07, 6.45) is 10.3. The van der Waals surface area contributed by atoms with Gasteiger partial charge in [0.05, 0.1) is 11.4 Å². The van der Waals surface area contributed by atoms with Crippen LogP contribution in [-0.4, -0.2) is 16.5 Å². The van der Waals surface area contributed by atoms with Crippen LogP contribution in [0.1, 0.15) is 44.2 Å². The molecule has 0 saturated heterocycles. The molecule has 2 heterocycles. The summed E-state index contributed by atoms with van der Waals surface area (Å²) in [6, 6.07) is 5.95. The monoisotopic (exact) mass is 301 g/mol. The number of hydrogen-bond donors (Lipinski definition) is 1. The largest absolute Gasteiger partial charge is 0.311 e. The lowest BCUT2D eigenvalue weighted by Gasteiger charge is -2.21. The Morgan fingerprint density at radius 1 is 1.19 bits per heavy atom. The van der Waals surface area contributed by atoms with Gasteiger partial charge in [-0.3, -0.25) is 4.98 Å². The van der Waals surface area contributed by atoms with E-state index >= 15 is 0 Å². The van der Waals surface area contributed by atoms with E-state index in [9.17, 15) is 0 Å². The lowest BCUT2D eigenvalue weighted by molar-refractivity contribution is 0.333. The molecular formula is C17H23N3S. The molecule has 4 heteroatoms. The van der Waals surface area contributed by atoms with Crippen molar-refractivity contribution in [3.63, 3.8) is 0 Å². The molecule has 1 N–H and O–H groups in total. The average molecular weight is 301 g/mol. The van der Waals surface area contributed by atoms with Gasteiger partial charge in [0.15, 0.2) is 0 Å². The van der Waals surface area contributed by atoms with Crippen molar-refractivity contribution in [3.8, 4) is 10.7 Å². The zero-order valence-electron chi connectivity index (χ0n) is 12.4. The molecule has 0 atom stereocenters. The van der Waals surface area contributed by atoms with Crippen molar-refractivity contribution in [2.24, 2.45) is 5.92 Å². The molecule has 3 rings (SSSR count). The number of nitrogens with zero attached hydrogens (tertiary/aromatic N) is 2. The van der Waals surface area contributed by atoms with Crippen LogP contribution in [-0.2, 0) is 6.54 Å². The second kappa shape index (κ2) is 7.66. The van der Waals surface area contributed by atoms with Crippen molar-refractivity contribution in [3.05, 3.63) is 35.5 Å². The molecule has 112 valence electrons. The van der Waals surface area contributed by atoms with Crippen molar-refractivity contribution < 1.29 is 0 Å². The molecule has 3 nitrogen and oxygen atoms in total. The molecular weight excluding hydrogens is 278 g/mol. The number of rotatable bonds is 6. The summed E-state index contributed by atoms with van der Waals surface area (Å²) in [5.74, 6) is 0.950. The summed E-state index contributed by atoms with van der Waals surface area (Å²) < 4.78 is 0. The van der Waals surface area contributed by atoms with Crippen molar-refractivity contribution in [2.75, 3.05) is 6.54 Å². The maximum Gasteiger partial charge on any atom is 0.142 e. The van der Waals surface area contributed by atoms with Gasteiger partial charge in [0.2, 0.25) is 0 Å². The van der Waals surface area contributed by atoms with E-state index in [1.165, 1.54) is 38.5 Å². The highest BCUT2D eigenvalue weighted by atomic mass is 32.1. The van der Waals surface area contributed by atoms with Crippen LogP contribution >= 0.6 is 11.3 Å². The SMILES string of the molecule is c1ccc(-c2nc(CNCCC3CCCCC3)cs2)nc1. The van der Waals surface area contributed by atoms with Crippen molar-refractivity contribution >= 4 is 11.3 Å². The summed E-state index contributed by atoms with van der Waals surface area (Å²) in [4.78, 5) is 9.01. The first-order valence-corrected chi connectivity index (χ1v) is 8.86. The Labute approximate surface area is 130 Å². The van der Waals surface area contributed by atoms with Crippen LogP contribution in [0.15, 0.2) is 29.8 Å². The quantitative estimate of drug-likeness (QED) is 0.810. The van der Waals surface area contributed by atoms with Gasteiger partial charge < -0.3 is 5.32 Å². The second-order valence-corrected chi connectivity index (χ2v) is 6.69. The fraction of sp³-hybridized carbons (Fsp3) is 0.529. The van der Waals surface area contributed by atoms with Crippen molar-refractivity contribution in [1.29, 1.82) is 0 Å². The van der Waals surface area contributed by atoms with E-state index in [1.807, 2.05) is 24.4 Å². The van der Waals surface area contributed by atoms with Gasteiger partial charge in [0, 0.05) is 18.1 Å². The van der Waals surface area contributed by atoms with E-state index in [4.69, 9.17) is 0 Å². The van der Waals surface area contributed by atoms with E-state index in [-0.39, 0.29) is 0 Å². The Morgan fingerprint density at radius 2 is 2.10 bits per heavy atom. The minimum absolute atomic E-state index is 0.871. The minimum atomic E-state index is 0.871. The summed E-state index contributed by atoms with van der Waals surface area (Å²) in [5.41, 5.74) is 2.10. The molecule has 0 unspecified atom stereocenters. The fourth-order valence-electron chi connectivity index (χ4n) is 2.99. The minimum Gasteiger partial charge on any atom is -0.311 e. The smallest absolute Gasteiger partial charge is 0.142 e. The highest BCUT2D eigenvalue weighted by molar-refractivity contribution is 7.13. The Balaban J connectivity index is 1.42. The highest BCUT2D eigenvalue weighted by Crippen LogP contribution is 2.26. The van der Waals surface area contributed by atoms with Crippen molar-refractivity contribution in [2.45, 2.75) is 45.1 Å². The van der Waals surface area contributed by atoms with Gasteiger partial charge in [-0.15, -0.1) is 11.3 Å². The highest BCUT2D eigenvalue weighted by Gasteiger charge is 2.12. The molecule has 0 aromatic carbocycles. The van der Waals surface area contributed by atoms with Crippen LogP contribution < -0.4 is 5.32 Å². The van der Waals surface area contributed by atoms with Crippen LogP contribution in [0.25, 0.3) is 10.7 Å². The summed E-state index contributed by atoms with van der Waals surface area (Å²) in [5, 5.41) is 6.69. The predicted molar refractivity (Wildman–Crippen MR) is 88.2 cm³/mol. The van der Waals surface area contributed by atoms with Gasteiger partial charge in [-0.05, 0) is 31.0 Å². The van der Waals surface area contributed by atoms with Gasteiger partial charge in [-0.1, -0.05) is 38.2 Å². The molecule has 21 heavy (non-hydrogen) atoms. The lowest BCUT2D eigenvalue weighted by atomic mass is 9.87. The Hall–Kier alpha value is -1.26. The number of pyridine rings is 1. The molecule has 0 aliphatic heterocycles. The Bertz CT molecular complexity index is 532. The van der Waals surface area contributed by atoms with Crippen LogP contribution in [0.4, 0.5) is 0 Å². The standard InChI is InChI=1S/C17H23N3S/c1-2-6-14(7-3-1)9-11-18-12-15-13-21-17(20-15)16-8-4-5-10-19-16/h4-5,8,10,13-14,18H,1-3,6-7,9,11-12H2. The molecule has 1 saturated carbocycles. The first kappa shape index (κ1) is 14.7. The van der Waals surface area contributed by atoms with Crippen LogP contribution in [0.3, 0.4) is 0 Å². The second-order valence-electron chi connectivity index (χ2n) is 5.83. The van der Waals surface area contributed by atoms with E-state index in [0.29, 0.717) is 0 Å². The number of hydrogen-bond acceptors (Lipinski definition) is 4. The van der Waals surface area contributed by atoms with Gasteiger partial charge in [-0.2, -0.15) is 0 Å². The molecule has 1 aliphatic rings. The molecule has 1 aliphatic carbocycles. The zero-order valence-corrected chi connectivity index (χ0v) is 13.2. The van der Waals surface area contributed by atoms with Crippen LogP contribution in [0, 0.1) is 5.92 Å². The Kier molecular flexibility index (Phi) is 5.35. The third-order valence-electron chi connectivity index (χ3n) is 4.20. The number of nitrogens with one attached hydrogen (secondary N) is 1. The van der Waals surface area contributed by atoms with Gasteiger partial charge in [-0.25, -0.2) is 4.98 Å². The summed E-state index contributed by atoms with van der Waals surface area (Å²) in [7, 11) is 0. The van der Waals surface area contributed by atoms with E-state index in [1.54, 1.807) is 11.3 Å². The van der Waals surface area contributed by atoms with E-state index < -0.39 is 0 Å². The van der Waals surface area contributed by atoms with Gasteiger partial charge in [0.1, 0.15) is 5.01 Å². The maximum atomic E-state index is 4.66. The predicted octanol–water partition coefficient (Wildman–Crippen LogP) is 4.27. The van der Waals surface area contributed by atoms with E-state index in [2.05, 4.69) is 20.7 Å². The zero-order chi connectivity index (χ0) is 14.3. The topological polar surface area (TPSA) is 37.8 Å². The third kappa shape index (κ3) is 4.35. The van der Waals surface area contributed by atoms with E-state index in [0.717, 1.165) is 35.4 Å². The van der Waals surface area contributed by atoms with Gasteiger partial charge in [0.25, 0.3) is 0 Å². The molecule has 2 aromatic heterocycles. The summed E-state index contributed by atoms with van der Waals surface area (Å²) in [6.45, 7) is 1.98. The van der Waals surface area contributed by atoms with Gasteiger partial charge >= 0.3 is 0 Å². The first-order valence-electron chi connectivity index (χ1n) is 7.98. The first-order chi connectivity index (χ1) is 10.4. The maximum absolute atomic E-state index is 4.66. The molecule has 0 amide bonds.